The Labute approximate surface area is 158 Å². The van der Waals surface area contributed by atoms with Crippen molar-refractivity contribution in [2.75, 3.05) is 5.75 Å². The lowest BCUT2D eigenvalue weighted by atomic mass is 10.0. The summed E-state index contributed by atoms with van der Waals surface area (Å²) in [5.41, 5.74) is 2.92. The fraction of sp³-hybridized carbons (Fsp3) is 0.222. The van der Waals surface area contributed by atoms with Gasteiger partial charge in [0, 0.05) is 10.0 Å². The summed E-state index contributed by atoms with van der Waals surface area (Å²) in [6.45, 7) is 0. The Morgan fingerprint density at radius 3 is 2.36 bits per heavy atom. The van der Waals surface area contributed by atoms with Gasteiger partial charge in [0.05, 0.1) is 11.8 Å². The van der Waals surface area contributed by atoms with Crippen molar-refractivity contribution in [3.8, 4) is 11.1 Å². The zero-order valence-corrected chi connectivity index (χ0v) is 15.7. The Bertz CT molecular complexity index is 888. The number of nitrogens with zero attached hydrogens (tertiary/aromatic N) is 4. The number of hydrogen-bond acceptors (Lipinski definition) is 5. The van der Waals surface area contributed by atoms with Gasteiger partial charge in [0.25, 0.3) is 0 Å². The van der Waals surface area contributed by atoms with Crippen molar-refractivity contribution in [2.24, 2.45) is 0 Å². The molecule has 126 valence electrons. The molecule has 1 fully saturated rings. The number of Topliss-reactive ketones (excluding diaryl/α,β-unsaturated/α-hetero) is 1. The van der Waals surface area contributed by atoms with E-state index in [1.807, 2.05) is 41.1 Å². The number of carbonyl (C=O) groups excluding carboxylic acids is 1. The van der Waals surface area contributed by atoms with Crippen molar-refractivity contribution < 1.29 is 4.79 Å². The zero-order valence-electron chi connectivity index (χ0n) is 13.3. The van der Waals surface area contributed by atoms with Crippen molar-refractivity contribution in [3.05, 3.63) is 58.6 Å². The molecule has 0 amide bonds. The summed E-state index contributed by atoms with van der Waals surface area (Å²) >= 11 is 4.84. The minimum absolute atomic E-state index is 0.0812. The predicted molar refractivity (Wildman–Crippen MR) is 101 cm³/mol. The smallest absolute Gasteiger partial charge is 0.210 e. The SMILES string of the molecule is O=C(CSc1nnnn1C1CC1)c1ccc(-c2ccc(Br)cc2)cc1. The van der Waals surface area contributed by atoms with Crippen molar-refractivity contribution in [2.45, 2.75) is 24.0 Å². The molecular formula is C18H15BrN4OS. The van der Waals surface area contributed by atoms with Crippen LogP contribution in [-0.4, -0.2) is 31.7 Å². The van der Waals surface area contributed by atoms with Gasteiger partial charge >= 0.3 is 0 Å². The maximum absolute atomic E-state index is 12.4. The Morgan fingerprint density at radius 1 is 1.08 bits per heavy atom. The van der Waals surface area contributed by atoms with E-state index >= 15 is 0 Å². The lowest BCUT2D eigenvalue weighted by Crippen LogP contribution is -2.05. The van der Waals surface area contributed by atoms with E-state index in [1.165, 1.54) is 11.8 Å². The first kappa shape index (κ1) is 16.5. The van der Waals surface area contributed by atoms with Gasteiger partial charge in [-0.2, -0.15) is 0 Å². The molecule has 3 aromatic rings. The van der Waals surface area contributed by atoms with E-state index < -0.39 is 0 Å². The van der Waals surface area contributed by atoms with Crippen LogP contribution in [0.1, 0.15) is 29.2 Å². The molecule has 0 radical (unpaired) electrons. The quantitative estimate of drug-likeness (QED) is 0.441. The summed E-state index contributed by atoms with van der Waals surface area (Å²) in [7, 11) is 0. The van der Waals surface area contributed by atoms with Crippen LogP contribution in [0.3, 0.4) is 0 Å². The molecule has 0 N–H and O–H groups in total. The highest BCUT2D eigenvalue weighted by Gasteiger charge is 2.28. The molecule has 0 spiro atoms. The second kappa shape index (κ2) is 7.09. The largest absolute Gasteiger partial charge is 0.293 e. The van der Waals surface area contributed by atoms with E-state index in [1.54, 1.807) is 0 Å². The Hall–Kier alpha value is -1.99. The van der Waals surface area contributed by atoms with Gasteiger partial charge in [-0.05, 0) is 46.5 Å². The number of aromatic nitrogens is 4. The first-order valence-electron chi connectivity index (χ1n) is 8.00. The predicted octanol–water partition coefficient (Wildman–Crippen LogP) is 4.41. The van der Waals surface area contributed by atoms with Gasteiger partial charge in [-0.3, -0.25) is 4.79 Å². The van der Waals surface area contributed by atoms with Crippen molar-refractivity contribution in [1.82, 2.24) is 20.2 Å². The number of thioether (sulfide) groups is 1. The summed E-state index contributed by atoms with van der Waals surface area (Å²) in [6, 6.07) is 16.3. The molecule has 0 saturated heterocycles. The fourth-order valence-corrected chi connectivity index (χ4v) is 3.64. The molecule has 4 rings (SSSR count). The molecule has 1 aliphatic rings. The van der Waals surface area contributed by atoms with Crippen molar-refractivity contribution in [3.63, 3.8) is 0 Å². The highest BCUT2D eigenvalue weighted by molar-refractivity contribution is 9.10. The summed E-state index contributed by atoms with van der Waals surface area (Å²) in [6.07, 6.45) is 2.23. The molecule has 1 aromatic heterocycles. The van der Waals surface area contributed by atoms with Gasteiger partial charge in [-0.15, -0.1) is 5.10 Å². The molecule has 0 bridgehead atoms. The Balaban J connectivity index is 1.41. The highest BCUT2D eigenvalue weighted by atomic mass is 79.9. The topological polar surface area (TPSA) is 60.7 Å². The second-order valence-electron chi connectivity index (χ2n) is 5.93. The lowest BCUT2D eigenvalue weighted by Gasteiger charge is -2.05. The van der Waals surface area contributed by atoms with Crippen LogP contribution in [0, 0.1) is 0 Å². The summed E-state index contributed by atoms with van der Waals surface area (Å²) < 4.78 is 2.88. The van der Waals surface area contributed by atoms with E-state index in [-0.39, 0.29) is 5.78 Å². The number of carbonyl (C=O) groups is 1. The number of ketones is 1. The van der Waals surface area contributed by atoms with Crippen LogP contribution < -0.4 is 0 Å². The number of halogens is 1. The average molecular weight is 415 g/mol. The zero-order chi connectivity index (χ0) is 17.2. The molecule has 5 nitrogen and oxygen atoms in total. The maximum Gasteiger partial charge on any atom is 0.210 e. The van der Waals surface area contributed by atoms with Gasteiger partial charge < -0.3 is 0 Å². The number of benzene rings is 2. The molecule has 25 heavy (non-hydrogen) atoms. The number of hydrogen-bond donors (Lipinski definition) is 0. The molecule has 2 aromatic carbocycles. The number of rotatable bonds is 6. The Kier molecular flexibility index (Phi) is 4.67. The molecule has 1 saturated carbocycles. The van der Waals surface area contributed by atoms with E-state index in [4.69, 9.17) is 0 Å². The van der Waals surface area contributed by atoms with Gasteiger partial charge in [0.15, 0.2) is 5.78 Å². The van der Waals surface area contributed by atoms with Crippen LogP contribution in [0.5, 0.6) is 0 Å². The van der Waals surface area contributed by atoms with Crippen LogP contribution >= 0.6 is 27.7 Å². The van der Waals surface area contributed by atoms with Crippen molar-refractivity contribution >= 4 is 33.5 Å². The normalized spacial score (nSPS) is 13.8. The van der Waals surface area contributed by atoms with Gasteiger partial charge in [-0.25, -0.2) is 4.68 Å². The molecule has 1 heterocycles. The molecule has 0 aliphatic heterocycles. The van der Waals surface area contributed by atoms with Gasteiger partial charge in [0.2, 0.25) is 5.16 Å². The van der Waals surface area contributed by atoms with E-state index in [0.29, 0.717) is 17.4 Å². The second-order valence-corrected chi connectivity index (χ2v) is 7.79. The third-order valence-electron chi connectivity index (χ3n) is 4.07. The summed E-state index contributed by atoms with van der Waals surface area (Å²) in [4.78, 5) is 12.4. The number of tetrazole rings is 1. The van der Waals surface area contributed by atoms with E-state index in [2.05, 4.69) is 43.6 Å². The first-order valence-corrected chi connectivity index (χ1v) is 9.78. The standard InChI is InChI=1S/C18H15BrN4OS/c19-15-7-5-13(6-8-15)12-1-3-14(4-2-12)17(24)11-25-18-20-21-22-23(18)16-9-10-16/h1-8,16H,9-11H2. The average Bonchev–Trinajstić information content (AvgIpc) is 3.38. The first-order chi connectivity index (χ1) is 12.2. The van der Waals surface area contributed by atoms with Crippen molar-refractivity contribution in [1.29, 1.82) is 0 Å². The monoisotopic (exact) mass is 414 g/mol. The molecule has 0 atom stereocenters. The van der Waals surface area contributed by atoms with Crippen LogP contribution in [-0.2, 0) is 0 Å². The van der Waals surface area contributed by atoms with E-state index in [0.717, 1.165) is 33.6 Å². The minimum atomic E-state index is 0.0812. The molecule has 1 aliphatic carbocycles. The summed E-state index contributed by atoms with van der Waals surface area (Å²) in [5.74, 6) is 0.419. The third kappa shape index (κ3) is 3.82. The van der Waals surface area contributed by atoms with Crippen LogP contribution in [0.25, 0.3) is 11.1 Å². The molecule has 0 unspecified atom stereocenters. The lowest BCUT2D eigenvalue weighted by molar-refractivity contribution is 0.102. The maximum atomic E-state index is 12.4. The van der Waals surface area contributed by atoms with Gasteiger partial charge in [0.1, 0.15) is 0 Å². The Morgan fingerprint density at radius 2 is 1.72 bits per heavy atom. The van der Waals surface area contributed by atoms with Gasteiger partial charge in [-0.1, -0.05) is 64.1 Å². The van der Waals surface area contributed by atoms with Crippen LogP contribution in [0.2, 0.25) is 0 Å². The van der Waals surface area contributed by atoms with Crippen LogP contribution in [0.15, 0.2) is 58.2 Å². The van der Waals surface area contributed by atoms with E-state index in [9.17, 15) is 4.79 Å². The summed E-state index contributed by atoms with van der Waals surface area (Å²) in [5, 5.41) is 12.5. The highest BCUT2D eigenvalue weighted by Crippen LogP contribution is 2.36. The minimum Gasteiger partial charge on any atom is -0.293 e. The fourth-order valence-electron chi connectivity index (χ4n) is 2.53. The molecular weight excluding hydrogens is 400 g/mol. The molecule has 7 heteroatoms. The third-order valence-corrected chi connectivity index (χ3v) is 5.53. The van der Waals surface area contributed by atoms with Crippen LogP contribution in [0.4, 0.5) is 0 Å².